The van der Waals surface area contributed by atoms with Crippen LogP contribution in [0, 0.1) is 5.92 Å². The fraction of sp³-hybridized carbons (Fsp3) is 0.789. The molecule has 1 aromatic rings. The molecule has 0 spiro atoms. The van der Waals surface area contributed by atoms with Crippen LogP contribution in [0.25, 0.3) is 0 Å². The number of hydrogen-bond donors (Lipinski definition) is 2. The zero-order chi connectivity index (χ0) is 17.5. The van der Waals surface area contributed by atoms with Crippen molar-refractivity contribution in [2.24, 2.45) is 18.0 Å². The van der Waals surface area contributed by atoms with E-state index in [0.717, 1.165) is 31.3 Å². The van der Waals surface area contributed by atoms with Crippen molar-refractivity contribution >= 4 is 29.9 Å². The molecule has 5 nitrogen and oxygen atoms in total. The summed E-state index contributed by atoms with van der Waals surface area (Å²) in [4.78, 5) is 4.43. The number of aromatic nitrogens is 2. The Morgan fingerprint density at radius 1 is 1.24 bits per heavy atom. The van der Waals surface area contributed by atoms with E-state index in [2.05, 4.69) is 41.5 Å². The number of nitrogens with zero attached hydrogens (tertiary/aromatic N) is 3. The van der Waals surface area contributed by atoms with Gasteiger partial charge in [-0.2, -0.15) is 5.10 Å². The van der Waals surface area contributed by atoms with Crippen LogP contribution in [0.1, 0.15) is 69.8 Å². The highest BCUT2D eigenvalue weighted by atomic mass is 127. The lowest BCUT2D eigenvalue weighted by Gasteiger charge is -2.30. The molecule has 1 heterocycles. The van der Waals surface area contributed by atoms with Gasteiger partial charge in [0.05, 0.1) is 5.69 Å². The molecule has 0 aliphatic heterocycles. The van der Waals surface area contributed by atoms with Gasteiger partial charge in [0.1, 0.15) is 0 Å². The Hall–Kier alpha value is -0.790. The first kappa shape index (κ1) is 22.3. The highest BCUT2D eigenvalue weighted by Crippen LogP contribution is 2.26. The molecule has 1 aromatic heterocycles. The standard InChI is InChI=1S/C19H35N5.HI/c1-6-14-10-9-11-15(12-14)22-19(20-4)21-13-16-17(7-2)23-24(5)18(16)8-3;/h14-15H,6-13H2,1-5H3,(H2,20,21,22);1H. The summed E-state index contributed by atoms with van der Waals surface area (Å²) < 4.78 is 2.03. The summed E-state index contributed by atoms with van der Waals surface area (Å²) in [6.45, 7) is 7.47. The molecular weight excluding hydrogens is 425 g/mol. The van der Waals surface area contributed by atoms with Crippen molar-refractivity contribution in [3.8, 4) is 0 Å². The van der Waals surface area contributed by atoms with Gasteiger partial charge < -0.3 is 10.6 Å². The number of rotatable bonds is 6. The SMILES string of the molecule is CCc1nn(C)c(CC)c1CNC(=NC)NC1CCCC(CC)C1.I. The van der Waals surface area contributed by atoms with Crippen molar-refractivity contribution < 1.29 is 0 Å². The Balaban J connectivity index is 0.00000312. The molecule has 2 rings (SSSR count). The average molecular weight is 461 g/mol. The summed E-state index contributed by atoms with van der Waals surface area (Å²) in [5.41, 5.74) is 3.85. The fourth-order valence-corrected chi connectivity index (χ4v) is 3.95. The zero-order valence-corrected chi connectivity index (χ0v) is 18.9. The summed E-state index contributed by atoms with van der Waals surface area (Å²) in [6.07, 6.45) is 8.51. The molecule has 2 unspecified atom stereocenters. The third kappa shape index (κ3) is 5.86. The lowest BCUT2D eigenvalue weighted by molar-refractivity contribution is 0.298. The Morgan fingerprint density at radius 3 is 2.60 bits per heavy atom. The highest BCUT2D eigenvalue weighted by Gasteiger charge is 2.21. The van der Waals surface area contributed by atoms with Crippen LogP contribution in [0.5, 0.6) is 0 Å². The van der Waals surface area contributed by atoms with Crippen LogP contribution in [0.15, 0.2) is 4.99 Å². The monoisotopic (exact) mass is 461 g/mol. The van der Waals surface area contributed by atoms with Gasteiger partial charge in [-0.15, -0.1) is 24.0 Å². The third-order valence-corrected chi connectivity index (χ3v) is 5.39. The van der Waals surface area contributed by atoms with Crippen LogP contribution >= 0.6 is 24.0 Å². The molecule has 0 radical (unpaired) electrons. The maximum absolute atomic E-state index is 4.66. The van der Waals surface area contributed by atoms with E-state index >= 15 is 0 Å². The molecule has 1 fully saturated rings. The van der Waals surface area contributed by atoms with E-state index in [1.165, 1.54) is 49.1 Å². The Bertz CT molecular complexity index is 552. The maximum atomic E-state index is 4.66. The second-order valence-corrected chi connectivity index (χ2v) is 6.91. The van der Waals surface area contributed by atoms with E-state index in [4.69, 9.17) is 0 Å². The quantitative estimate of drug-likeness (QED) is 0.385. The van der Waals surface area contributed by atoms with Crippen LogP contribution in [0.4, 0.5) is 0 Å². The van der Waals surface area contributed by atoms with Crippen LogP contribution in [-0.2, 0) is 26.4 Å². The van der Waals surface area contributed by atoms with Gasteiger partial charge in [0.2, 0.25) is 0 Å². The van der Waals surface area contributed by atoms with Gasteiger partial charge in [-0.1, -0.05) is 40.0 Å². The summed E-state index contributed by atoms with van der Waals surface area (Å²) in [6, 6.07) is 0.556. The normalized spacial score (nSPS) is 20.9. The van der Waals surface area contributed by atoms with E-state index < -0.39 is 0 Å². The molecule has 6 heteroatoms. The van der Waals surface area contributed by atoms with Crippen LogP contribution in [-0.4, -0.2) is 28.8 Å². The topological polar surface area (TPSA) is 54.2 Å². The second-order valence-electron chi connectivity index (χ2n) is 6.91. The number of halogens is 1. The first-order valence-electron chi connectivity index (χ1n) is 9.63. The van der Waals surface area contributed by atoms with Gasteiger partial charge in [0.25, 0.3) is 0 Å². The van der Waals surface area contributed by atoms with Crippen molar-refractivity contribution in [2.75, 3.05) is 7.05 Å². The smallest absolute Gasteiger partial charge is 0.191 e. The summed E-state index contributed by atoms with van der Waals surface area (Å²) in [5, 5.41) is 11.8. The van der Waals surface area contributed by atoms with Gasteiger partial charge in [-0.05, 0) is 31.6 Å². The highest BCUT2D eigenvalue weighted by molar-refractivity contribution is 14.0. The number of aliphatic imine (C=N–C) groups is 1. The predicted molar refractivity (Wildman–Crippen MR) is 117 cm³/mol. The lowest BCUT2D eigenvalue weighted by Crippen LogP contribution is -2.45. The van der Waals surface area contributed by atoms with E-state index in [9.17, 15) is 0 Å². The lowest BCUT2D eigenvalue weighted by atomic mass is 9.84. The van der Waals surface area contributed by atoms with Gasteiger partial charge >= 0.3 is 0 Å². The van der Waals surface area contributed by atoms with Gasteiger partial charge in [0, 0.05) is 37.9 Å². The van der Waals surface area contributed by atoms with Crippen LogP contribution in [0.2, 0.25) is 0 Å². The molecule has 144 valence electrons. The molecule has 1 saturated carbocycles. The molecular formula is C19H36IN5. The van der Waals surface area contributed by atoms with E-state index in [1.54, 1.807) is 0 Å². The van der Waals surface area contributed by atoms with Crippen molar-refractivity contribution in [3.63, 3.8) is 0 Å². The van der Waals surface area contributed by atoms with Crippen molar-refractivity contribution in [3.05, 3.63) is 17.0 Å². The first-order chi connectivity index (χ1) is 11.6. The van der Waals surface area contributed by atoms with E-state index in [-0.39, 0.29) is 24.0 Å². The molecule has 1 aliphatic carbocycles. The fourth-order valence-electron chi connectivity index (χ4n) is 3.95. The molecule has 0 amide bonds. The Morgan fingerprint density at radius 2 is 2.00 bits per heavy atom. The minimum Gasteiger partial charge on any atom is -0.354 e. The Kier molecular flexibility index (Phi) is 9.82. The molecule has 0 aromatic carbocycles. The molecule has 1 aliphatic rings. The first-order valence-corrected chi connectivity index (χ1v) is 9.63. The minimum absolute atomic E-state index is 0. The second kappa shape index (κ2) is 11.0. The molecule has 0 bridgehead atoms. The number of aryl methyl sites for hydroxylation is 2. The summed E-state index contributed by atoms with van der Waals surface area (Å²) in [5.74, 6) is 1.79. The number of hydrogen-bond acceptors (Lipinski definition) is 2. The van der Waals surface area contributed by atoms with Gasteiger partial charge in [-0.25, -0.2) is 0 Å². The third-order valence-electron chi connectivity index (χ3n) is 5.39. The van der Waals surface area contributed by atoms with Crippen LogP contribution in [0.3, 0.4) is 0 Å². The zero-order valence-electron chi connectivity index (χ0n) is 16.6. The summed E-state index contributed by atoms with van der Waals surface area (Å²) >= 11 is 0. The average Bonchev–Trinajstić information content (AvgIpc) is 2.93. The van der Waals surface area contributed by atoms with Crippen molar-refractivity contribution in [1.29, 1.82) is 0 Å². The number of guanidine groups is 1. The van der Waals surface area contributed by atoms with Gasteiger partial charge in [0.15, 0.2) is 5.96 Å². The maximum Gasteiger partial charge on any atom is 0.191 e. The minimum atomic E-state index is 0. The predicted octanol–water partition coefficient (Wildman–Crippen LogP) is 3.80. The molecule has 2 atom stereocenters. The Labute approximate surface area is 170 Å². The van der Waals surface area contributed by atoms with E-state index in [0.29, 0.717) is 6.04 Å². The molecule has 0 saturated heterocycles. The summed E-state index contributed by atoms with van der Waals surface area (Å²) in [7, 11) is 3.90. The van der Waals surface area contributed by atoms with Crippen molar-refractivity contribution in [2.45, 2.75) is 78.3 Å². The van der Waals surface area contributed by atoms with E-state index in [1.807, 2.05) is 18.8 Å². The molecule has 25 heavy (non-hydrogen) atoms. The van der Waals surface area contributed by atoms with Crippen molar-refractivity contribution in [1.82, 2.24) is 20.4 Å². The van der Waals surface area contributed by atoms with Crippen LogP contribution < -0.4 is 10.6 Å². The molecule has 2 N–H and O–H groups in total. The number of nitrogens with one attached hydrogen (secondary N) is 2. The van der Waals surface area contributed by atoms with Gasteiger partial charge in [-0.3, -0.25) is 9.67 Å². The largest absolute Gasteiger partial charge is 0.354 e.